The van der Waals surface area contributed by atoms with Crippen LogP contribution in [0, 0.1) is 0 Å². The Morgan fingerprint density at radius 2 is 2.29 bits per heavy atom. The lowest BCUT2D eigenvalue weighted by Crippen LogP contribution is -2.22. The molecular formula is C4H6N2S. The molecule has 1 aliphatic heterocycles. The second kappa shape index (κ2) is 1.93. The van der Waals surface area contributed by atoms with E-state index in [1.165, 1.54) is 0 Å². The van der Waals surface area contributed by atoms with Crippen LogP contribution in [0.25, 0.3) is 0 Å². The van der Waals surface area contributed by atoms with Crippen molar-refractivity contribution in [3.63, 3.8) is 0 Å². The molecule has 2 nitrogen and oxygen atoms in total. The summed E-state index contributed by atoms with van der Waals surface area (Å²) in [5.41, 5.74) is 5.52. The van der Waals surface area contributed by atoms with E-state index < -0.39 is 0 Å². The van der Waals surface area contributed by atoms with Crippen molar-refractivity contribution in [3.8, 4) is 0 Å². The van der Waals surface area contributed by atoms with E-state index in [9.17, 15) is 0 Å². The first-order valence-corrected chi connectivity index (χ1v) is 2.41. The van der Waals surface area contributed by atoms with Gasteiger partial charge in [-0.15, -0.1) is 12.6 Å². The summed E-state index contributed by atoms with van der Waals surface area (Å²) in [5.74, 6) is 0. The highest BCUT2D eigenvalue weighted by Crippen LogP contribution is 1.99. The predicted octanol–water partition coefficient (Wildman–Crippen LogP) is 0.379. The number of allylic oxidation sites excluding steroid dienone is 1. The van der Waals surface area contributed by atoms with Gasteiger partial charge in [-0.25, -0.2) is 0 Å². The molecule has 0 bridgehead atoms. The second-order valence-corrected chi connectivity index (χ2v) is 1.71. The molecule has 2 N–H and O–H groups in total. The van der Waals surface area contributed by atoms with Gasteiger partial charge in [-0.2, -0.15) is 0 Å². The molecule has 0 spiro atoms. The topological polar surface area (TPSA) is 24.1 Å². The first-order chi connectivity index (χ1) is 3.39. The number of nitrogens with one attached hydrogen (secondary N) is 2. The van der Waals surface area contributed by atoms with Gasteiger partial charge >= 0.3 is 0 Å². The van der Waals surface area contributed by atoms with Crippen molar-refractivity contribution in [2.24, 2.45) is 0 Å². The van der Waals surface area contributed by atoms with Gasteiger partial charge in [-0.3, -0.25) is 0 Å². The van der Waals surface area contributed by atoms with Crippen LogP contribution in [0.3, 0.4) is 0 Å². The van der Waals surface area contributed by atoms with Gasteiger partial charge in [0.2, 0.25) is 0 Å². The van der Waals surface area contributed by atoms with Crippen LogP contribution >= 0.6 is 12.6 Å². The number of thiol groups is 1. The molecule has 7 heavy (non-hydrogen) atoms. The maximum Gasteiger partial charge on any atom is 0.0311 e. The van der Waals surface area contributed by atoms with Gasteiger partial charge in [0.15, 0.2) is 0 Å². The van der Waals surface area contributed by atoms with Gasteiger partial charge in [0, 0.05) is 17.3 Å². The van der Waals surface area contributed by atoms with Gasteiger partial charge in [-0.05, 0) is 6.08 Å². The molecule has 0 unspecified atom stereocenters. The lowest BCUT2D eigenvalue weighted by Gasteiger charge is -2.03. The zero-order chi connectivity index (χ0) is 5.11. The van der Waals surface area contributed by atoms with Crippen LogP contribution in [0.15, 0.2) is 23.4 Å². The van der Waals surface area contributed by atoms with Crippen molar-refractivity contribution in [2.75, 3.05) is 0 Å². The smallest absolute Gasteiger partial charge is 0.0311 e. The minimum atomic E-state index is 0.929. The molecule has 0 aliphatic carbocycles. The minimum Gasteiger partial charge on any atom is -0.309 e. The third kappa shape index (κ3) is 1.16. The fraction of sp³-hybridized carbons (Fsp3) is 0. The number of hydrogen-bond donors (Lipinski definition) is 3. The summed E-state index contributed by atoms with van der Waals surface area (Å²) < 4.78 is 0. The monoisotopic (exact) mass is 114 g/mol. The normalized spacial score (nSPS) is 17.0. The Morgan fingerprint density at radius 1 is 1.43 bits per heavy atom. The van der Waals surface area contributed by atoms with Crippen LogP contribution < -0.4 is 10.9 Å². The molecule has 0 saturated heterocycles. The van der Waals surface area contributed by atoms with Gasteiger partial charge in [-0.1, -0.05) is 0 Å². The van der Waals surface area contributed by atoms with Gasteiger partial charge in [0.25, 0.3) is 0 Å². The summed E-state index contributed by atoms with van der Waals surface area (Å²) >= 11 is 4.03. The zero-order valence-electron chi connectivity index (χ0n) is 3.68. The summed E-state index contributed by atoms with van der Waals surface area (Å²) in [5, 5.41) is 0. The number of hydrazine groups is 1. The largest absolute Gasteiger partial charge is 0.309 e. The molecule has 0 saturated carbocycles. The maximum atomic E-state index is 4.03. The van der Waals surface area contributed by atoms with E-state index in [0.717, 1.165) is 4.91 Å². The van der Waals surface area contributed by atoms with Crippen molar-refractivity contribution in [2.45, 2.75) is 0 Å². The summed E-state index contributed by atoms with van der Waals surface area (Å²) in [6.45, 7) is 0. The maximum absolute atomic E-state index is 4.03. The SMILES string of the molecule is SC1=CNNC=C1. The van der Waals surface area contributed by atoms with E-state index >= 15 is 0 Å². The Balaban J connectivity index is 2.58. The molecule has 0 aromatic heterocycles. The lowest BCUT2D eigenvalue weighted by atomic mass is 10.5. The third-order valence-electron chi connectivity index (χ3n) is 0.641. The van der Waals surface area contributed by atoms with Crippen molar-refractivity contribution >= 4 is 12.6 Å². The molecule has 1 heterocycles. The molecular weight excluding hydrogens is 108 g/mol. The quantitative estimate of drug-likeness (QED) is 0.397. The van der Waals surface area contributed by atoms with Crippen LogP contribution in [-0.2, 0) is 0 Å². The van der Waals surface area contributed by atoms with E-state index in [1.807, 2.05) is 6.08 Å². The second-order valence-electron chi connectivity index (χ2n) is 1.19. The van der Waals surface area contributed by atoms with Gasteiger partial charge in [0.05, 0.1) is 0 Å². The summed E-state index contributed by atoms with van der Waals surface area (Å²) in [6.07, 6.45) is 5.41. The average molecular weight is 114 g/mol. The highest BCUT2D eigenvalue weighted by molar-refractivity contribution is 7.84. The van der Waals surface area contributed by atoms with Crippen LogP contribution in [0.4, 0.5) is 0 Å². The van der Waals surface area contributed by atoms with Crippen molar-refractivity contribution in [1.29, 1.82) is 0 Å². The summed E-state index contributed by atoms with van der Waals surface area (Å²) in [7, 11) is 0. The molecule has 3 heteroatoms. The number of hydrogen-bond acceptors (Lipinski definition) is 3. The highest BCUT2D eigenvalue weighted by Gasteiger charge is 1.83. The Kier molecular flexibility index (Phi) is 1.26. The third-order valence-corrected chi connectivity index (χ3v) is 0.919. The Bertz CT molecular complexity index is 117. The van der Waals surface area contributed by atoms with Crippen molar-refractivity contribution < 1.29 is 0 Å². The average Bonchev–Trinajstić information content (AvgIpc) is 1.69. The summed E-state index contributed by atoms with van der Waals surface area (Å²) in [4.78, 5) is 0.929. The minimum absolute atomic E-state index is 0.929. The van der Waals surface area contributed by atoms with E-state index in [-0.39, 0.29) is 0 Å². The molecule has 0 aromatic rings. The first kappa shape index (κ1) is 4.59. The molecule has 38 valence electrons. The van der Waals surface area contributed by atoms with Crippen LogP contribution in [0.5, 0.6) is 0 Å². The molecule has 0 amide bonds. The van der Waals surface area contributed by atoms with Crippen molar-refractivity contribution in [1.82, 2.24) is 10.9 Å². The van der Waals surface area contributed by atoms with E-state index in [2.05, 4.69) is 23.5 Å². The fourth-order valence-electron chi connectivity index (χ4n) is 0.339. The van der Waals surface area contributed by atoms with E-state index in [1.54, 1.807) is 12.4 Å². The Labute approximate surface area is 47.7 Å². The molecule has 0 aromatic carbocycles. The van der Waals surface area contributed by atoms with E-state index in [4.69, 9.17) is 0 Å². The van der Waals surface area contributed by atoms with Gasteiger partial charge in [0.1, 0.15) is 0 Å². The highest BCUT2D eigenvalue weighted by atomic mass is 32.1. The molecule has 1 rings (SSSR count). The standard InChI is InChI=1S/C4H6N2S/c7-4-1-2-5-6-3-4/h1-3,5-7H. The van der Waals surface area contributed by atoms with Crippen LogP contribution in [0.2, 0.25) is 0 Å². The summed E-state index contributed by atoms with van der Waals surface area (Å²) in [6, 6.07) is 0. The van der Waals surface area contributed by atoms with Crippen LogP contribution in [-0.4, -0.2) is 0 Å². The van der Waals surface area contributed by atoms with Crippen molar-refractivity contribution in [3.05, 3.63) is 23.4 Å². The van der Waals surface area contributed by atoms with E-state index in [0.29, 0.717) is 0 Å². The number of rotatable bonds is 0. The molecule has 0 fully saturated rings. The lowest BCUT2D eigenvalue weighted by molar-refractivity contribution is 0.765. The molecule has 0 atom stereocenters. The molecule has 1 aliphatic rings. The predicted molar refractivity (Wildman–Crippen MR) is 32.5 cm³/mol. The fourth-order valence-corrected chi connectivity index (χ4v) is 0.478. The van der Waals surface area contributed by atoms with Gasteiger partial charge < -0.3 is 10.9 Å². The molecule has 0 radical (unpaired) electrons. The zero-order valence-corrected chi connectivity index (χ0v) is 4.57. The Hall–Kier alpha value is -0.570. The Morgan fingerprint density at radius 3 is 2.57 bits per heavy atom. The first-order valence-electron chi connectivity index (χ1n) is 1.96. The van der Waals surface area contributed by atoms with Crippen LogP contribution in [0.1, 0.15) is 0 Å².